The molecule has 1 N–H and O–H groups in total. The van der Waals surface area contributed by atoms with Crippen LogP contribution in [0.3, 0.4) is 0 Å². The van der Waals surface area contributed by atoms with Gasteiger partial charge in [0, 0.05) is 34.9 Å². The first-order valence-electron chi connectivity index (χ1n) is 8.69. The Kier molecular flexibility index (Phi) is 3.71. The van der Waals surface area contributed by atoms with Crippen LogP contribution in [0.5, 0.6) is 0 Å². The van der Waals surface area contributed by atoms with E-state index in [1.807, 2.05) is 26.0 Å². The summed E-state index contributed by atoms with van der Waals surface area (Å²) in [4.78, 5) is 22.0. The molecule has 1 aliphatic rings. The van der Waals surface area contributed by atoms with E-state index in [4.69, 9.17) is 4.98 Å². The minimum Gasteiger partial charge on any atom is -0.293 e. The number of fused-ring (bicyclic) bond motifs is 1. The van der Waals surface area contributed by atoms with E-state index in [-0.39, 0.29) is 5.56 Å². The second-order valence-electron chi connectivity index (χ2n) is 6.76. The summed E-state index contributed by atoms with van der Waals surface area (Å²) in [6.45, 7) is 3.96. The molecule has 0 aliphatic heterocycles. The average Bonchev–Trinajstić information content (AvgIpc) is 2.93. The highest BCUT2D eigenvalue weighted by Gasteiger charge is 2.24. The molecule has 124 valence electrons. The topological polar surface area (TPSA) is 63.1 Å². The van der Waals surface area contributed by atoms with Crippen LogP contribution in [-0.2, 0) is 0 Å². The van der Waals surface area contributed by atoms with Gasteiger partial charge in [-0.05, 0) is 50.3 Å². The molecule has 1 fully saturated rings. The molecule has 0 aromatic carbocycles. The SMILES string of the molecule is Cc1nc2c(-c3ccncc3)c(C)[nH]n2c(=O)c1C1CCCCC1. The predicted octanol–water partition coefficient (Wildman–Crippen LogP) is 3.75. The Hall–Kier alpha value is -2.43. The van der Waals surface area contributed by atoms with Crippen LogP contribution < -0.4 is 5.56 Å². The fourth-order valence-corrected chi connectivity index (χ4v) is 4.03. The first-order chi connectivity index (χ1) is 11.7. The summed E-state index contributed by atoms with van der Waals surface area (Å²) in [5, 5.41) is 3.22. The Morgan fingerprint density at radius 2 is 1.83 bits per heavy atom. The van der Waals surface area contributed by atoms with E-state index < -0.39 is 0 Å². The van der Waals surface area contributed by atoms with Crippen LogP contribution in [0.1, 0.15) is 55.0 Å². The number of nitrogens with one attached hydrogen (secondary N) is 1. The third-order valence-electron chi connectivity index (χ3n) is 5.17. The van der Waals surface area contributed by atoms with E-state index >= 15 is 0 Å². The van der Waals surface area contributed by atoms with Crippen molar-refractivity contribution in [2.45, 2.75) is 51.9 Å². The van der Waals surface area contributed by atoms with Gasteiger partial charge in [0.25, 0.3) is 5.56 Å². The van der Waals surface area contributed by atoms with E-state index in [0.717, 1.165) is 40.9 Å². The number of hydrogen-bond acceptors (Lipinski definition) is 3. The minimum atomic E-state index is 0.0628. The van der Waals surface area contributed by atoms with Gasteiger partial charge in [-0.3, -0.25) is 14.9 Å². The monoisotopic (exact) mass is 322 g/mol. The minimum absolute atomic E-state index is 0.0628. The summed E-state index contributed by atoms with van der Waals surface area (Å²) in [6, 6.07) is 3.90. The van der Waals surface area contributed by atoms with Crippen LogP contribution in [-0.4, -0.2) is 19.6 Å². The molecular weight excluding hydrogens is 300 g/mol. The van der Waals surface area contributed by atoms with Crippen LogP contribution >= 0.6 is 0 Å². The van der Waals surface area contributed by atoms with Crippen molar-refractivity contribution in [3.63, 3.8) is 0 Å². The molecule has 1 aliphatic carbocycles. The molecule has 5 heteroatoms. The standard InChI is InChI=1S/C19H22N4O/c1-12-17(14-6-4-3-5-7-14)19(24)23-18(21-12)16(13(2)22-23)15-8-10-20-11-9-15/h8-11,14,22H,3-7H2,1-2H3. The van der Waals surface area contributed by atoms with Gasteiger partial charge in [-0.1, -0.05) is 19.3 Å². The van der Waals surface area contributed by atoms with Crippen molar-refractivity contribution in [3.8, 4) is 11.1 Å². The third kappa shape index (κ3) is 2.35. The molecule has 0 atom stereocenters. The largest absolute Gasteiger partial charge is 0.293 e. The molecule has 3 heterocycles. The molecule has 0 unspecified atom stereocenters. The molecule has 1 saturated carbocycles. The fourth-order valence-electron chi connectivity index (χ4n) is 4.03. The van der Waals surface area contributed by atoms with Gasteiger partial charge in [0.15, 0.2) is 5.65 Å². The lowest BCUT2D eigenvalue weighted by atomic mass is 9.84. The Bertz CT molecular complexity index is 933. The van der Waals surface area contributed by atoms with Gasteiger partial charge >= 0.3 is 0 Å². The van der Waals surface area contributed by atoms with Crippen molar-refractivity contribution < 1.29 is 0 Å². The summed E-state index contributed by atoms with van der Waals surface area (Å²) >= 11 is 0. The summed E-state index contributed by atoms with van der Waals surface area (Å²) in [5.74, 6) is 0.351. The summed E-state index contributed by atoms with van der Waals surface area (Å²) < 4.78 is 1.63. The maximum atomic E-state index is 13.1. The number of rotatable bonds is 2. The predicted molar refractivity (Wildman–Crippen MR) is 94.3 cm³/mol. The van der Waals surface area contributed by atoms with Crippen molar-refractivity contribution in [2.24, 2.45) is 0 Å². The Morgan fingerprint density at radius 1 is 1.12 bits per heavy atom. The molecule has 3 aromatic rings. The smallest absolute Gasteiger partial charge is 0.276 e. The Balaban J connectivity index is 1.94. The molecule has 0 spiro atoms. The normalized spacial score (nSPS) is 15.9. The Morgan fingerprint density at radius 3 is 2.54 bits per heavy atom. The van der Waals surface area contributed by atoms with Crippen molar-refractivity contribution in [3.05, 3.63) is 51.8 Å². The molecule has 3 aromatic heterocycles. The van der Waals surface area contributed by atoms with Crippen molar-refractivity contribution in [2.75, 3.05) is 0 Å². The average molecular weight is 322 g/mol. The maximum Gasteiger partial charge on any atom is 0.276 e. The summed E-state index contributed by atoms with van der Waals surface area (Å²) in [5.41, 5.74) is 5.50. The first kappa shape index (κ1) is 15.1. The highest BCUT2D eigenvalue weighted by atomic mass is 16.1. The van der Waals surface area contributed by atoms with Crippen LogP contribution in [0.4, 0.5) is 0 Å². The van der Waals surface area contributed by atoms with Gasteiger partial charge in [0.1, 0.15) is 0 Å². The lowest BCUT2D eigenvalue weighted by molar-refractivity contribution is 0.437. The molecule has 0 amide bonds. The third-order valence-corrected chi connectivity index (χ3v) is 5.17. The van der Waals surface area contributed by atoms with Gasteiger partial charge in [0.05, 0.1) is 0 Å². The lowest BCUT2D eigenvalue weighted by Gasteiger charge is -2.22. The molecule has 0 saturated heterocycles. The number of aryl methyl sites for hydroxylation is 2. The molecular formula is C19H22N4O. The van der Waals surface area contributed by atoms with Gasteiger partial charge in [-0.15, -0.1) is 0 Å². The van der Waals surface area contributed by atoms with Crippen molar-refractivity contribution in [1.29, 1.82) is 0 Å². The number of aromatic nitrogens is 4. The van der Waals surface area contributed by atoms with Gasteiger partial charge in [-0.25, -0.2) is 9.50 Å². The number of hydrogen-bond donors (Lipinski definition) is 1. The van der Waals surface area contributed by atoms with E-state index in [2.05, 4.69) is 10.1 Å². The zero-order chi connectivity index (χ0) is 16.7. The van der Waals surface area contributed by atoms with Gasteiger partial charge in [0.2, 0.25) is 0 Å². The molecule has 0 radical (unpaired) electrons. The molecule has 5 nitrogen and oxygen atoms in total. The number of aromatic amines is 1. The first-order valence-corrected chi connectivity index (χ1v) is 8.69. The van der Waals surface area contributed by atoms with E-state index in [1.165, 1.54) is 19.3 Å². The van der Waals surface area contributed by atoms with Gasteiger partial charge in [-0.2, -0.15) is 0 Å². The van der Waals surface area contributed by atoms with E-state index in [1.54, 1.807) is 16.9 Å². The quantitative estimate of drug-likeness (QED) is 0.781. The lowest BCUT2D eigenvalue weighted by Crippen LogP contribution is -2.25. The second-order valence-corrected chi connectivity index (χ2v) is 6.76. The summed E-state index contributed by atoms with van der Waals surface area (Å²) in [7, 11) is 0. The zero-order valence-electron chi connectivity index (χ0n) is 14.2. The zero-order valence-corrected chi connectivity index (χ0v) is 14.2. The van der Waals surface area contributed by atoms with Crippen LogP contribution in [0.15, 0.2) is 29.3 Å². The van der Waals surface area contributed by atoms with Crippen molar-refractivity contribution >= 4 is 5.65 Å². The van der Waals surface area contributed by atoms with E-state index in [9.17, 15) is 4.79 Å². The number of H-pyrrole nitrogens is 1. The van der Waals surface area contributed by atoms with Crippen LogP contribution in [0, 0.1) is 13.8 Å². The maximum absolute atomic E-state index is 13.1. The van der Waals surface area contributed by atoms with E-state index in [0.29, 0.717) is 11.6 Å². The second kappa shape index (κ2) is 5.89. The molecule has 0 bridgehead atoms. The highest BCUT2D eigenvalue weighted by molar-refractivity contribution is 5.79. The Labute approximate surface area is 140 Å². The molecule has 4 rings (SSSR count). The number of pyridine rings is 1. The molecule has 24 heavy (non-hydrogen) atoms. The van der Waals surface area contributed by atoms with Crippen LogP contribution in [0.25, 0.3) is 16.8 Å². The van der Waals surface area contributed by atoms with Crippen molar-refractivity contribution in [1.82, 2.24) is 19.6 Å². The summed E-state index contributed by atoms with van der Waals surface area (Å²) in [6.07, 6.45) is 9.41. The van der Waals surface area contributed by atoms with Gasteiger partial charge < -0.3 is 0 Å². The number of nitrogens with zero attached hydrogens (tertiary/aromatic N) is 3. The fraction of sp³-hybridized carbons (Fsp3) is 0.421. The van der Waals surface area contributed by atoms with Crippen LogP contribution in [0.2, 0.25) is 0 Å². The highest BCUT2D eigenvalue weighted by Crippen LogP contribution is 2.33.